The molecule has 110 valence electrons. The first-order valence-electron chi connectivity index (χ1n) is 7.09. The highest BCUT2D eigenvalue weighted by Crippen LogP contribution is 2.37. The van der Waals surface area contributed by atoms with Crippen molar-refractivity contribution in [3.05, 3.63) is 47.3 Å². The molecule has 0 atom stereocenters. The Hall–Kier alpha value is -2.38. The molecule has 0 bridgehead atoms. The van der Waals surface area contributed by atoms with E-state index in [0.29, 0.717) is 0 Å². The number of anilines is 1. The van der Waals surface area contributed by atoms with Crippen molar-refractivity contribution < 1.29 is 0 Å². The zero-order valence-corrected chi connectivity index (χ0v) is 14.0. The minimum Gasteiger partial charge on any atom is -0.378 e. The van der Waals surface area contributed by atoms with Crippen molar-refractivity contribution in [1.29, 1.82) is 5.26 Å². The van der Waals surface area contributed by atoms with Gasteiger partial charge in [-0.2, -0.15) is 5.26 Å². The van der Waals surface area contributed by atoms with Crippen LogP contribution in [0.3, 0.4) is 0 Å². The van der Waals surface area contributed by atoms with Crippen LogP contribution in [-0.4, -0.2) is 28.2 Å². The number of benzene rings is 2. The molecule has 1 heterocycles. The summed E-state index contributed by atoms with van der Waals surface area (Å²) in [6, 6.07) is 14.9. The van der Waals surface area contributed by atoms with E-state index >= 15 is 0 Å². The summed E-state index contributed by atoms with van der Waals surface area (Å²) in [5, 5.41) is 11.8. The second kappa shape index (κ2) is 5.43. The van der Waals surface area contributed by atoms with Gasteiger partial charge >= 0.3 is 0 Å². The fraction of sp³-hybridized carbons (Fsp3) is 0.222. The molecule has 3 rings (SSSR count). The van der Waals surface area contributed by atoms with Crippen LogP contribution < -0.4 is 14.8 Å². The molecule has 0 spiro atoms. The number of hydrogen-bond acceptors (Lipinski definition) is 3. The van der Waals surface area contributed by atoms with Gasteiger partial charge in [0.15, 0.2) is 0 Å². The van der Waals surface area contributed by atoms with E-state index in [1.165, 1.54) is 0 Å². The highest BCUT2D eigenvalue weighted by atomic mass is 32.1. The molecule has 2 aliphatic rings. The Kier molecular flexibility index (Phi) is 3.59. The largest absolute Gasteiger partial charge is 0.378 e. The van der Waals surface area contributed by atoms with Gasteiger partial charge in [0.1, 0.15) is 20.2 Å². The van der Waals surface area contributed by atoms with Gasteiger partial charge in [-0.25, -0.2) is 4.58 Å². The van der Waals surface area contributed by atoms with E-state index in [9.17, 15) is 5.26 Å². The first kappa shape index (κ1) is 14.6. The Balaban J connectivity index is 2.45. The van der Waals surface area contributed by atoms with Crippen molar-refractivity contribution in [2.75, 3.05) is 33.1 Å². The molecule has 0 saturated carbocycles. The molecule has 0 fully saturated rings. The minimum atomic E-state index is 0.763. The molecule has 0 saturated heterocycles. The standard InChI is InChI=1S/C18H18N3S/c1-20(2)12-5-7-14-16(11-19)15-8-6-13(21(3)4)10-18(15)22-17(14)9-12/h5-10H,1-4H3/q+1. The summed E-state index contributed by atoms with van der Waals surface area (Å²) in [5.41, 5.74) is 2.94. The molecule has 0 amide bonds. The van der Waals surface area contributed by atoms with E-state index in [2.05, 4.69) is 51.9 Å². The molecular weight excluding hydrogens is 290 g/mol. The number of rotatable bonds is 1. The molecule has 1 aromatic rings. The lowest BCUT2D eigenvalue weighted by Gasteiger charge is -2.15. The average molecular weight is 308 g/mol. The van der Waals surface area contributed by atoms with E-state index in [1.807, 2.05) is 28.2 Å². The van der Waals surface area contributed by atoms with Crippen LogP contribution in [0.5, 0.6) is 0 Å². The summed E-state index contributed by atoms with van der Waals surface area (Å²) in [5.74, 6) is 0. The van der Waals surface area contributed by atoms with Gasteiger partial charge in [0, 0.05) is 52.4 Å². The third-order valence-corrected chi connectivity index (χ3v) is 4.95. The molecule has 0 aromatic heterocycles. The number of hydrogen-bond donors (Lipinski definition) is 0. The zero-order valence-electron chi connectivity index (χ0n) is 13.2. The fourth-order valence-electron chi connectivity index (χ4n) is 2.54. The third-order valence-electron chi connectivity index (χ3n) is 3.83. The van der Waals surface area contributed by atoms with Crippen molar-refractivity contribution in [2.24, 2.45) is 0 Å². The molecule has 0 unspecified atom stereocenters. The van der Waals surface area contributed by atoms with E-state index in [1.54, 1.807) is 11.3 Å². The van der Waals surface area contributed by atoms with Crippen molar-refractivity contribution in [1.82, 2.24) is 4.58 Å². The lowest BCUT2D eigenvalue weighted by Crippen LogP contribution is -2.21. The predicted molar refractivity (Wildman–Crippen MR) is 94.6 cm³/mol. The van der Waals surface area contributed by atoms with Gasteiger partial charge in [-0.15, -0.1) is 11.3 Å². The summed E-state index contributed by atoms with van der Waals surface area (Å²) in [4.78, 5) is 3.23. The monoisotopic (exact) mass is 308 g/mol. The molecule has 22 heavy (non-hydrogen) atoms. The van der Waals surface area contributed by atoms with Gasteiger partial charge in [0.2, 0.25) is 5.36 Å². The maximum absolute atomic E-state index is 9.62. The highest BCUT2D eigenvalue weighted by molar-refractivity contribution is 7.21. The van der Waals surface area contributed by atoms with Gasteiger partial charge < -0.3 is 4.90 Å². The molecular formula is C18H18N3S+. The Morgan fingerprint density at radius 1 is 1.09 bits per heavy atom. The quantitative estimate of drug-likeness (QED) is 0.511. The highest BCUT2D eigenvalue weighted by Gasteiger charge is 2.15. The molecule has 1 aliphatic carbocycles. The average Bonchev–Trinajstić information content (AvgIpc) is 2.51. The first-order chi connectivity index (χ1) is 10.5. The topological polar surface area (TPSA) is 30.0 Å². The van der Waals surface area contributed by atoms with Gasteiger partial charge in [0.05, 0.1) is 5.56 Å². The van der Waals surface area contributed by atoms with Crippen LogP contribution in [0.15, 0.2) is 36.4 Å². The molecule has 4 heteroatoms. The second-order valence-electron chi connectivity index (χ2n) is 5.74. The summed E-state index contributed by atoms with van der Waals surface area (Å²) in [6.45, 7) is 0. The number of nitriles is 1. The van der Waals surface area contributed by atoms with Crippen LogP contribution in [0.25, 0.3) is 20.5 Å². The van der Waals surface area contributed by atoms with Crippen LogP contribution in [-0.2, 0) is 0 Å². The summed E-state index contributed by atoms with van der Waals surface area (Å²) < 4.78 is 3.23. The van der Waals surface area contributed by atoms with Gasteiger partial charge in [-0.3, -0.25) is 0 Å². The van der Waals surface area contributed by atoms with E-state index < -0.39 is 0 Å². The smallest absolute Gasteiger partial charge is 0.200 e. The summed E-state index contributed by atoms with van der Waals surface area (Å²) in [7, 11) is 8.12. The van der Waals surface area contributed by atoms with Gasteiger partial charge in [0.25, 0.3) is 0 Å². The first-order valence-corrected chi connectivity index (χ1v) is 7.91. The number of fused-ring (bicyclic) bond motifs is 2. The zero-order chi connectivity index (χ0) is 15.9. The van der Waals surface area contributed by atoms with Crippen LogP contribution in [0.1, 0.15) is 5.56 Å². The van der Waals surface area contributed by atoms with Crippen LogP contribution in [0.4, 0.5) is 5.69 Å². The van der Waals surface area contributed by atoms with E-state index in [0.717, 1.165) is 37.1 Å². The Labute approximate surface area is 134 Å². The lowest BCUT2D eigenvalue weighted by molar-refractivity contribution is 0.814. The van der Waals surface area contributed by atoms with Crippen molar-refractivity contribution in [3.63, 3.8) is 0 Å². The molecule has 3 nitrogen and oxygen atoms in total. The van der Waals surface area contributed by atoms with Gasteiger partial charge in [-0.1, -0.05) is 6.07 Å². The lowest BCUT2D eigenvalue weighted by atomic mass is 10.0. The fourth-order valence-corrected chi connectivity index (χ4v) is 3.70. The van der Waals surface area contributed by atoms with Crippen molar-refractivity contribution in [3.8, 4) is 16.5 Å². The maximum Gasteiger partial charge on any atom is 0.200 e. The predicted octanol–water partition coefficient (Wildman–Crippen LogP) is 2.98. The minimum absolute atomic E-state index is 0.763. The third kappa shape index (κ3) is 2.34. The normalized spacial score (nSPS) is 10.7. The summed E-state index contributed by atoms with van der Waals surface area (Å²) >= 11 is 1.74. The Bertz CT molecular complexity index is 941. The van der Waals surface area contributed by atoms with Crippen molar-refractivity contribution in [2.45, 2.75) is 0 Å². The maximum atomic E-state index is 9.62. The Morgan fingerprint density at radius 2 is 1.86 bits per heavy atom. The molecule has 1 aliphatic heterocycles. The number of nitrogens with zero attached hydrogens (tertiary/aromatic N) is 3. The van der Waals surface area contributed by atoms with Gasteiger partial charge in [-0.05, 0) is 18.2 Å². The summed E-state index contributed by atoms with van der Waals surface area (Å²) in [6.07, 6.45) is 0. The SMILES string of the molecule is CN(C)c1ccc2c(C#N)c3ccc(=[N+](C)C)cc-3sc2c1. The van der Waals surface area contributed by atoms with Crippen LogP contribution in [0.2, 0.25) is 0 Å². The molecule has 0 N–H and O–H groups in total. The van der Waals surface area contributed by atoms with Crippen molar-refractivity contribution >= 4 is 27.1 Å². The Morgan fingerprint density at radius 3 is 2.50 bits per heavy atom. The van der Waals surface area contributed by atoms with Crippen LogP contribution >= 0.6 is 11.3 Å². The second-order valence-corrected chi connectivity index (χ2v) is 6.82. The molecule has 0 radical (unpaired) electrons. The van der Waals surface area contributed by atoms with E-state index in [-0.39, 0.29) is 0 Å². The van der Waals surface area contributed by atoms with E-state index in [4.69, 9.17) is 0 Å². The molecule has 1 aromatic carbocycles. The van der Waals surface area contributed by atoms with Crippen LogP contribution in [0, 0.1) is 11.3 Å².